The fourth-order valence-corrected chi connectivity index (χ4v) is 3.48. The Morgan fingerprint density at radius 1 is 1.17 bits per heavy atom. The number of nitrogens with zero attached hydrogens (tertiary/aromatic N) is 2. The van der Waals surface area contributed by atoms with Crippen LogP contribution in [0.4, 0.5) is 5.69 Å². The van der Waals surface area contributed by atoms with Crippen LogP contribution in [0, 0.1) is 0 Å². The molecule has 1 aliphatic heterocycles. The number of rotatable bonds is 7. The number of benzene rings is 1. The molecule has 140 valence electrons. The standard InChI is InChI=1S/C18H30ClN3.2ClH/c1-4-5-6-7-18(22-12-10-20-11-13-22)16-9-8-15(21(2)3)14-17(16)19;;/h8-9,14,18,20H,4-7,10-13H2,1-3H3;2*1H/t18-;;/m1../s1. The van der Waals surface area contributed by atoms with Crippen molar-refractivity contribution in [2.75, 3.05) is 45.2 Å². The predicted octanol–water partition coefficient (Wildman–Crippen LogP) is 4.78. The van der Waals surface area contributed by atoms with Crippen molar-refractivity contribution in [3.8, 4) is 0 Å². The van der Waals surface area contributed by atoms with Crippen LogP contribution in [-0.4, -0.2) is 45.2 Å². The maximum Gasteiger partial charge on any atom is 0.0474 e. The summed E-state index contributed by atoms with van der Waals surface area (Å²) in [4.78, 5) is 4.70. The van der Waals surface area contributed by atoms with Gasteiger partial charge in [0.25, 0.3) is 0 Å². The van der Waals surface area contributed by atoms with Gasteiger partial charge in [-0.25, -0.2) is 0 Å². The van der Waals surface area contributed by atoms with Gasteiger partial charge in [0.2, 0.25) is 0 Å². The summed E-state index contributed by atoms with van der Waals surface area (Å²) in [5.41, 5.74) is 2.46. The summed E-state index contributed by atoms with van der Waals surface area (Å²) in [6.07, 6.45) is 5.04. The summed E-state index contributed by atoms with van der Waals surface area (Å²) in [7, 11) is 4.11. The summed E-state index contributed by atoms with van der Waals surface area (Å²) in [6, 6.07) is 6.98. The summed E-state index contributed by atoms with van der Waals surface area (Å²) < 4.78 is 0. The molecule has 0 aliphatic carbocycles. The van der Waals surface area contributed by atoms with E-state index in [4.69, 9.17) is 11.6 Å². The van der Waals surface area contributed by atoms with E-state index in [-0.39, 0.29) is 24.8 Å². The van der Waals surface area contributed by atoms with Crippen LogP contribution in [0.1, 0.15) is 44.2 Å². The fourth-order valence-electron chi connectivity index (χ4n) is 3.18. The van der Waals surface area contributed by atoms with Crippen LogP contribution in [-0.2, 0) is 0 Å². The molecule has 6 heteroatoms. The number of anilines is 1. The number of nitrogens with one attached hydrogen (secondary N) is 1. The lowest BCUT2D eigenvalue weighted by molar-refractivity contribution is 0.163. The first-order valence-corrected chi connectivity index (χ1v) is 8.92. The lowest BCUT2D eigenvalue weighted by Gasteiger charge is -2.36. The van der Waals surface area contributed by atoms with Crippen molar-refractivity contribution < 1.29 is 0 Å². The van der Waals surface area contributed by atoms with E-state index in [1.165, 1.54) is 36.9 Å². The van der Waals surface area contributed by atoms with Crippen molar-refractivity contribution in [1.29, 1.82) is 0 Å². The van der Waals surface area contributed by atoms with E-state index in [9.17, 15) is 0 Å². The summed E-state index contributed by atoms with van der Waals surface area (Å²) in [5, 5.41) is 4.35. The van der Waals surface area contributed by atoms with E-state index < -0.39 is 0 Å². The van der Waals surface area contributed by atoms with Crippen LogP contribution in [0.2, 0.25) is 5.02 Å². The normalized spacial score (nSPS) is 16.0. The van der Waals surface area contributed by atoms with Crippen molar-refractivity contribution in [2.45, 2.75) is 38.6 Å². The van der Waals surface area contributed by atoms with Crippen molar-refractivity contribution in [3.63, 3.8) is 0 Å². The third-order valence-corrected chi connectivity index (χ3v) is 4.86. The molecule has 0 spiro atoms. The third-order valence-electron chi connectivity index (χ3n) is 4.53. The van der Waals surface area contributed by atoms with Gasteiger partial charge >= 0.3 is 0 Å². The minimum absolute atomic E-state index is 0. The molecule has 0 saturated carbocycles. The van der Waals surface area contributed by atoms with E-state index in [2.05, 4.69) is 54.3 Å². The number of piperazine rings is 1. The molecule has 1 aromatic rings. The second-order valence-corrected chi connectivity index (χ2v) is 6.80. The molecule has 0 unspecified atom stereocenters. The molecular weight excluding hydrogens is 365 g/mol. The third kappa shape index (κ3) is 6.61. The average Bonchev–Trinajstić information content (AvgIpc) is 2.53. The first kappa shape index (κ1) is 23.8. The Bertz CT molecular complexity index is 463. The van der Waals surface area contributed by atoms with Gasteiger partial charge in [-0.2, -0.15) is 0 Å². The largest absolute Gasteiger partial charge is 0.378 e. The average molecular weight is 397 g/mol. The second-order valence-electron chi connectivity index (χ2n) is 6.40. The first-order valence-electron chi connectivity index (χ1n) is 8.55. The zero-order valence-corrected chi connectivity index (χ0v) is 17.4. The predicted molar refractivity (Wildman–Crippen MR) is 112 cm³/mol. The van der Waals surface area contributed by atoms with Crippen molar-refractivity contribution >= 4 is 42.1 Å². The van der Waals surface area contributed by atoms with Crippen molar-refractivity contribution in [2.24, 2.45) is 0 Å². The molecule has 0 aromatic heterocycles. The van der Waals surface area contributed by atoms with Gasteiger partial charge in [-0.1, -0.05) is 43.9 Å². The monoisotopic (exact) mass is 395 g/mol. The Morgan fingerprint density at radius 3 is 2.38 bits per heavy atom. The zero-order chi connectivity index (χ0) is 15.9. The molecule has 1 saturated heterocycles. The molecule has 0 radical (unpaired) electrons. The van der Waals surface area contributed by atoms with Crippen molar-refractivity contribution in [3.05, 3.63) is 28.8 Å². The summed E-state index contributed by atoms with van der Waals surface area (Å²) in [6.45, 7) is 6.65. The molecular formula is C18H32Cl3N3. The highest BCUT2D eigenvalue weighted by atomic mass is 35.5. The Morgan fingerprint density at radius 2 is 1.83 bits per heavy atom. The number of unbranched alkanes of at least 4 members (excludes halogenated alkanes) is 2. The maximum atomic E-state index is 6.63. The fraction of sp³-hybridized carbons (Fsp3) is 0.667. The Balaban J connectivity index is 0.00000264. The summed E-state index contributed by atoms with van der Waals surface area (Å²) in [5.74, 6) is 0. The van der Waals surface area contributed by atoms with Crippen LogP contribution in [0.3, 0.4) is 0 Å². The van der Waals surface area contributed by atoms with E-state index in [1.807, 2.05) is 0 Å². The minimum Gasteiger partial charge on any atom is -0.378 e. The van der Waals surface area contributed by atoms with E-state index in [1.54, 1.807) is 0 Å². The number of halogens is 3. The van der Waals surface area contributed by atoms with Crippen LogP contribution in [0.5, 0.6) is 0 Å². The Labute approximate surface area is 164 Å². The molecule has 24 heavy (non-hydrogen) atoms. The lowest BCUT2D eigenvalue weighted by atomic mass is 9.97. The van der Waals surface area contributed by atoms with Crippen molar-refractivity contribution in [1.82, 2.24) is 10.2 Å². The summed E-state index contributed by atoms with van der Waals surface area (Å²) >= 11 is 6.63. The highest BCUT2D eigenvalue weighted by Gasteiger charge is 2.23. The molecule has 1 heterocycles. The van der Waals surface area contributed by atoms with E-state index >= 15 is 0 Å². The molecule has 1 N–H and O–H groups in total. The van der Waals surface area contributed by atoms with Gasteiger partial charge in [-0.05, 0) is 24.1 Å². The smallest absolute Gasteiger partial charge is 0.0474 e. The number of hydrogen-bond acceptors (Lipinski definition) is 3. The van der Waals surface area contributed by atoms with Gasteiger partial charge in [0.1, 0.15) is 0 Å². The van der Waals surface area contributed by atoms with Gasteiger partial charge < -0.3 is 10.2 Å². The van der Waals surface area contributed by atoms with Crippen LogP contribution in [0.25, 0.3) is 0 Å². The zero-order valence-electron chi connectivity index (χ0n) is 15.1. The topological polar surface area (TPSA) is 18.5 Å². The molecule has 1 aromatic carbocycles. The van der Waals surface area contributed by atoms with Crippen LogP contribution >= 0.6 is 36.4 Å². The second kappa shape index (κ2) is 12.2. The van der Waals surface area contributed by atoms with E-state index in [0.29, 0.717) is 6.04 Å². The molecule has 2 rings (SSSR count). The van der Waals surface area contributed by atoms with Gasteiger partial charge in [-0.3, -0.25) is 4.90 Å². The Kier molecular flexibility index (Phi) is 12.1. The lowest BCUT2D eigenvalue weighted by Crippen LogP contribution is -2.45. The van der Waals surface area contributed by atoms with Gasteiger partial charge in [0.05, 0.1) is 0 Å². The van der Waals surface area contributed by atoms with Gasteiger partial charge in [0, 0.05) is 57.0 Å². The first-order chi connectivity index (χ1) is 10.6. The molecule has 1 atom stereocenters. The van der Waals surface area contributed by atoms with Gasteiger partial charge in [-0.15, -0.1) is 24.8 Å². The van der Waals surface area contributed by atoms with Crippen LogP contribution < -0.4 is 10.2 Å². The quantitative estimate of drug-likeness (QED) is 0.669. The Hall–Kier alpha value is -0.190. The SMILES string of the molecule is CCCCC[C@H](c1ccc(N(C)C)cc1Cl)N1CCNCC1.Cl.Cl. The highest BCUT2D eigenvalue weighted by molar-refractivity contribution is 6.31. The number of hydrogen-bond donors (Lipinski definition) is 1. The molecule has 0 amide bonds. The van der Waals surface area contributed by atoms with E-state index in [0.717, 1.165) is 31.2 Å². The maximum absolute atomic E-state index is 6.63. The molecule has 1 fully saturated rings. The molecule has 3 nitrogen and oxygen atoms in total. The van der Waals surface area contributed by atoms with Gasteiger partial charge in [0.15, 0.2) is 0 Å². The van der Waals surface area contributed by atoms with Crippen LogP contribution in [0.15, 0.2) is 18.2 Å². The minimum atomic E-state index is 0. The highest BCUT2D eigenvalue weighted by Crippen LogP contribution is 2.34. The molecule has 1 aliphatic rings. The molecule has 0 bridgehead atoms.